The Morgan fingerprint density at radius 3 is 2.35 bits per heavy atom. The van der Waals surface area contributed by atoms with Crippen LogP contribution in [-0.4, -0.2) is 33.4 Å². The number of carbonyl (C=O) groups is 1. The summed E-state index contributed by atoms with van der Waals surface area (Å²) in [5.74, 6) is -1.18. The molecule has 14 heteroatoms. The number of alkyl halides is 3. The molecular weight excluding hydrogens is 526 g/mol. The molecule has 2 aromatic carbocycles. The van der Waals surface area contributed by atoms with Gasteiger partial charge in [0.15, 0.2) is 11.1 Å². The number of benzene rings is 2. The van der Waals surface area contributed by atoms with Crippen molar-refractivity contribution >= 4 is 22.7 Å². The smallest absolute Gasteiger partial charge is 0.398 e. The van der Waals surface area contributed by atoms with E-state index >= 15 is 0 Å². The molecule has 2 aromatic rings. The average Bonchev–Trinajstić information content (AvgIpc) is 3.37. The Hall–Kier alpha value is -3.36. The van der Waals surface area contributed by atoms with E-state index in [0.717, 1.165) is 43.7 Å². The third-order valence-electron chi connectivity index (χ3n) is 4.99. The lowest BCUT2D eigenvalue weighted by molar-refractivity contribution is -0.122. The van der Waals surface area contributed by atoms with E-state index in [1.165, 1.54) is 24.3 Å². The van der Waals surface area contributed by atoms with Gasteiger partial charge in [0.05, 0.1) is 10.9 Å². The van der Waals surface area contributed by atoms with E-state index in [4.69, 9.17) is 16.0 Å². The molecular formula is C23H28F6N4O3S. The first kappa shape index (κ1) is 31.7. The van der Waals surface area contributed by atoms with Crippen molar-refractivity contribution in [2.45, 2.75) is 36.5 Å². The minimum atomic E-state index is -4.65. The Balaban J connectivity index is 0.000000965. The fourth-order valence-corrected chi connectivity index (χ4v) is 3.39. The molecule has 1 saturated heterocycles. The molecule has 1 unspecified atom stereocenters. The van der Waals surface area contributed by atoms with Gasteiger partial charge >= 0.3 is 6.18 Å². The van der Waals surface area contributed by atoms with E-state index in [9.17, 15) is 31.0 Å². The first-order valence-electron chi connectivity index (χ1n) is 10.5. The molecule has 2 atom stereocenters. The lowest BCUT2D eigenvalue weighted by atomic mass is 10.1. The predicted molar refractivity (Wildman–Crippen MR) is 130 cm³/mol. The fraction of sp³-hybridized carbons (Fsp3) is 0.261. The van der Waals surface area contributed by atoms with Crippen LogP contribution in [0, 0.1) is 11.6 Å². The van der Waals surface area contributed by atoms with Gasteiger partial charge in [-0.05, 0) is 79.6 Å². The van der Waals surface area contributed by atoms with Gasteiger partial charge in [0, 0.05) is 19.2 Å². The summed E-state index contributed by atoms with van der Waals surface area (Å²) in [5.41, 5.74) is 9.82. The first-order chi connectivity index (χ1) is 16.9. The van der Waals surface area contributed by atoms with Crippen LogP contribution >= 0.6 is 0 Å². The van der Waals surface area contributed by atoms with E-state index in [1.54, 1.807) is 0 Å². The van der Waals surface area contributed by atoms with Crippen LogP contribution in [0.25, 0.3) is 5.70 Å². The molecule has 0 radical (unpaired) electrons. The van der Waals surface area contributed by atoms with E-state index in [-0.39, 0.29) is 40.8 Å². The average molecular weight is 555 g/mol. The van der Waals surface area contributed by atoms with Crippen LogP contribution in [0.2, 0.25) is 0 Å². The highest BCUT2D eigenvalue weighted by Crippen LogP contribution is 2.22. The monoisotopic (exact) mass is 554 g/mol. The zero-order valence-electron chi connectivity index (χ0n) is 19.2. The number of hydrogen-bond donors (Lipinski definition) is 5. The van der Waals surface area contributed by atoms with Crippen molar-refractivity contribution in [3.8, 4) is 0 Å². The summed E-state index contributed by atoms with van der Waals surface area (Å²) >= 11 is -2.00. The topological polar surface area (TPSA) is 130 Å². The fourth-order valence-electron chi connectivity index (χ4n) is 3.02. The van der Waals surface area contributed by atoms with Gasteiger partial charge in [-0.15, -0.1) is 0 Å². The molecule has 37 heavy (non-hydrogen) atoms. The van der Waals surface area contributed by atoms with Crippen molar-refractivity contribution in [1.29, 1.82) is 0 Å². The van der Waals surface area contributed by atoms with Crippen LogP contribution in [0.15, 0.2) is 65.2 Å². The SMILES string of the molecule is F.N/C(=C\C=C(/N)C(F)(F)F)c1ccc(F)c(CNC(=O)[C@@H]2CCCN2)c1.O=S(O)c1ccc(F)cc1.[HH]. The number of hydrogen-bond acceptors (Lipinski definition) is 5. The standard InChI is InChI=1S/C17H20F4N4O.C6H5FO2S.FH.H2/c18-12-4-3-10(13(22)5-6-15(23)17(19,20)21)8-11(12)9-25-16(26)14-2-1-7-24-14;7-5-1-3-6(4-2-5)10(8)9;;/h3-6,8,14,24H,1-2,7,9,22-23H2,(H,25,26);1-4H,(H,8,9);2*1H/b13-5-,15-6-;;;/t14-;;;/m0.../s1. The van der Waals surface area contributed by atoms with Crippen molar-refractivity contribution in [3.05, 3.63) is 83.1 Å². The summed E-state index contributed by atoms with van der Waals surface area (Å²) in [7, 11) is 0. The second kappa shape index (κ2) is 14.4. The Labute approximate surface area is 212 Å². The number of amides is 1. The minimum absolute atomic E-state index is 0. The van der Waals surface area contributed by atoms with Crippen LogP contribution in [0.4, 0.5) is 26.7 Å². The van der Waals surface area contributed by atoms with Crippen molar-refractivity contribution < 1.29 is 41.6 Å². The highest BCUT2D eigenvalue weighted by molar-refractivity contribution is 7.79. The van der Waals surface area contributed by atoms with Crippen molar-refractivity contribution in [1.82, 2.24) is 10.6 Å². The largest absolute Gasteiger partial charge is 0.430 e. The summed E-state index contributed by atoms with van der Waals surface area (Å²) in [4.78, 5) is 12.2. The van der Waals surface area contributed by atoms with E-state index < -0.39 is 34.6 Å². The Kier molecular flexibility index (Phi) is 12.3. The lowest BCUT2D eigenvalue weighted by Crippen LogP contribution is -2.40. The molecule has 7 N–H and O–H groups in total. The molecule has 0 spiro atoms. The van der Waals surface area contributed by atoms with Gasteiger partial charge in [-0.2, -0.15) is 13.2 Å². The summed E-state index contributed by atoms with van der Waals surface area (Å²) in [6.07, 6.45) is -1.38. The highest BCUT2D eigenvalue weighted by Gasteiger charge is 2.30. The van der Waals surface area contributed by atoms with Gasteiger partial charge in [-0.25, -0.2) is 13.0 Å². The molecule has 1 aliphatic heterocycles. The third-order valence-corrected chi connectivity index (χ3v) is 5.67. The number of halogens is 6. The summed E-state index contributed by atoms with van der Waals surface area (Å²) in [5, 5.41) is 5.67. The maximum absolute atomic E-state index is 13.9. The van der Waals surface area contributed by atoms with Crippen LogP contribution in [-0.2, 0) is 22.4 Å². The molecule has 1 aliphatic rings. The number of carbonyl (C=O) groups excluding carboxylic acids is 1. The molecule has 7 nitrogen and oxygen atoms in total. The van der Waals surface area contributed by atoms with Gasteiger partial charge in [-0.1, -0.05) is 0 Å². The van der Waals surface area contributed by atoms with Gasteiger partial charge in [0.1, 0.15) is 17.3 Å². The molecule has 206 valence electrons. The summed E-state index contributed by atoms with van der Waals surface area (Å²) < 4.78 is 82.0. The van der Waals surface area contributed by atoms with E-state index in [1.807, 2.05) is 0 Å². The summed E-state index contributed by atoms with van der Waals surface area (Å²) in [6.45, 7) is 0.711. The maximum Gasteiger partial charge on any atom is 0.430 e. The van der Waals surface area contributed by atoms with Gasteiger partial charge in [0.25, 0.3) is 0 Å². The number of rotatable bonds is 6. The molecule has 0 aliphatic carbocycles. The Morgan fingerprint density at radius 2 is 1.81 bits per heavy atom. The zero-order valence-corrected chi connectivity index (χ0v) is 20.0. The van der Waals surface area contributed by atoms with Crippen LogP contribution in [0.3, 0.4) is 0 Å². The normalized spacial score (nSPS) is 16.8. The van der Waals surface area contributed by atoms with Gasteiger partial charge in [-0.3, -0.25) is 9.50 Å². The molecule has 0 aromatic heterocycles. The van der Waals surface area contributed by atoms with Crippen molar-refractivity contribution in [2.75, 3.05) is 6.54 Å². The second-order valence-electron chi connectivity index (χ2n) is 7.62. The number of nitrogens with two attached hydrogens (primary N) is 2. The third kappa shape index (κ3) is 10.3. The van der Waals surface area contributed by atoms with E-state index in [2.05, 4.69) is 10.6 Å². The molecule has 1 fully saturated rings. The first-order valence-corrected chi connectivity index (χ1v) is 11.7. The zero-order chi connectivity index (χ0) is 26.9. The maximum atomic E-state index is 13.9. The molecule has 0 bridgehead atoms. The number of allylic oxidation sites excluding steroid dienone is 3. The Morgan fingerprint density at radius 1 is 1.16 bits per heavy atom. The van der Waals surface area contributed by atoms with Crippen LogP contribution < -0.4 is 22.1 Å². The summed E-state index contributed by atoms with van der Waals surface area (Å²) in [6, 6.07) is 8.39. The Bertz CT molecular complexity index is 1140. The molecule has 1 heterocycles. The highest BCUT2D eigenvalue weighted by atomic mass is 32.2. The lowest BCUT2D eigenvalue weighted by Gasteiger charge is -2.12. The van der Waals surface area contributed by atoms with Crippen LogP contribution in [0.5, 0.6) is 0 Å². The molecule has 3 rings (SSSR count). The predicted octanol–water partition coefficient (Wildman–Crippen LogP) is 3.70. The van der Waals surface area contributed by atoms with Crippen molar-refractivity contribution in [2.24, 2.45) is 11.5 Å². The molecule has 1 amide bonds. The van der Waals surface area contributed by atoms with Crippen molar-refractivity contribution in [3.63, 3.8) is 0 Å². The second-order valence-corrected chi connectivity index (χ2v) is 8.59. The van der Waals surface area contributed by atoms with Gasteiger partial charge < -0.3 is 26.7 Å². The number of nitrogens with one attached hydrogen (secondary N) is 2. The minimum Gasteiger partial charge on any atom is -0.398 e. The van der Waals surface area contributed by atoms with E-state index in [0.29, 0.717) is 11.6 Å². The van der Waals surface area contributed by atoms with Gasteiger partial charge in [0.2, 0.25) is 5.91 Å². The van der Waals surface area contributed by atoms with Crippen LogP contribution in [0.1, 0.15) is 25.4 Å². The quantitative estimate of drug-likeness (QED) is 0.210. The molecule has 0 saturated carbocycles.